The molecule has 2 heterocycles. The summed E-state index contributed by atoms with van der Waals surface area (Å²) in [7, 11) is 2.01. The van der Waals surface area contributed by atoms with Gasteiger partial charge in [0.2, 0.25) is 5.91 Å². The Balaban J connectivity index is 0.00000200. The van der Waals surface area contributed by atoms with Gasteiger partial charge in [-0.15, -0.1) is 36.2 Å². The van der Waals surface area contributed by atoms with Crippen molar-refractivity contribution in [1.82, 2.24) is 15.2 Å². The molecule has 0 radical (unpaired) electrons. The Kier molecular flexibility index (Phi) is 10.1. The fourth-order valence-corrected chi connectivity index (χ4v) is 3.31. The highest BCUT2D eigenvalue weighted by atomic mass is 35.5. The third-order valence-corrected chi connectivity index (χ3v) is 4.12. The molecule has 2 rings (SSSR count). The minimum absolute atomic E-state index is 0. The number of hydrogen-bond acceptors (Lipinski definition) is 5. The number of carbonyl (C=O) groups is 1. The van der Waals surface area contributed by atoms with Gasteiger partial charge in [-0.25, -0.2) is 4.98 Å². The highest BCUT2D eigenvalue weighted by Crippen LogP contribution is 2.20. The van der Waals surface area contributed by atoms with Crippen molar-refractivity contribution in [2.75, 3.05) is 32.0 Å². The number of anilines is 1. The fourth-order valence-electron chi connectivity index (χ4n) is 2.57. The normalized spacial score (nSPS) is 18.5. The first-order valence-electron chi connectivity index (χ1n) is 6.76. The molecule has 1 atom stereocenters. The minimum Gasteiger partial charge on any atom is -0.319 e. The van der Waals surface area contributed by atoms with Gasteiger partial charge in [-0.3, -0.25) is 9.69 Å². The Morgan fingerprint density at radius 3 is 2.95 bits per heavy atom. The van der Waals surface area contributed by atoms with Crippen LogP contribution in [0.2, 0.25) is 0 Å². The number of halogens is 2. The maximum Gasteiger partial charge on any atom is 0.223 e. The van der Waals surface area contributed by atoms with Crippen LogP contribution in [0.25, 0.3) is 0 Å². The molecule has 1 aliphatic heterocycles. The summed E-state index contributed by atoms with van der Waals surface area (Å²) in [5.74, 6) is 0.681. The second-order valence-electron chi connectivity index (χ2n) is 5.13. The first kappa shape index (κ1) is 20.6. The van der Waals surface area contributed by atoms with E-state index >= 15 is 0 Å². The molecule has 0 bridgehead atoms. The zero-order chi connectivity index (χ0) is 13.7. The van der Waals surface area contributed by atoms with Crippen LogP contribution < -0.4 is 10.6 Å². The lowest BCUT2D eigenvalue weighted by atomic mass is 9.98. The Morgan fingerprint density at radius 1 is 1.52 bits per heavy atom. The number of thiazole rings is 1. The summed E-state index contributed by atoms with van der Waals surface area (Å²) >= 11 is 1.50. The predicted octanol–water partition coefficient (Wildman–Crippen LogP) is 2.38. The van der Waals surface area contributed by atoms with E-state index in [1.807, 2.05) is 12.4 Å². The third-order valence-electron chi connectivity index (χ3n) is 3.32. The average molecular weight is 355 g/mol. The van der Waals surface area contributed by atoms with Crippen LogP contribution in [0.5, 0.6) is 0 Å². The Hall–Kier alpha value is -0.400. The van der Waals surface area contributed by atoms with Crippen LogP contribution in [0.3, 0.4) is 0 Å². The van der Waals surface area contributed by atoms with E-state index in [2.05, 4.69) is 20.5 Å². The largest absolute Gasteiger partial charge is 0.319 e. The molecular formula is C13H24Cl2N4OS. The van der Waals surface area contributed by atoms with Crippen molar-refractivity contribution in [3.05, 3.63) is 11.1 Å². The van der Waals surface area contributed by atoms with Crippen LogP contribution in [0.4, 0.5) is 5.13 Å². The summed E-state index contributed by atoms with van der Waals surface area (Å²) in [5, 5.41) is 8.73. The van der Waals surface area contributed by atoms with Gasteiger partial charge in [-0.2, -0.15) is 0 Å². The second kappa shape index (κ2) is 10.3. The number of piperidine rings is 1. The number of amides is 1. The van der Waals surface area contributed by atoms with Crippen LogP contribution in [0.1, 0.15) is 25.5 Å². The molecule has 0 saturated carbocycles. The average Bonchev–Trinajstić information content (AvgIpc) is 2.76. The fraction of sp³-hybridized carbons (Fsp3) is 0.692. The Labute approximate surface area is 142 Å². The lowest BCUT2D eigenvalue weighted by molar-refractivity contribution is -0.114. The van der Waals surface area contributed by atoms with Gasteiger partial charge >= 0.3 is 0 Å². The molecule has 0 spiro atoms. The molecule has 21 heavy (non-hydrogen) atoms. The summed E-state index contributed by atoms with van der Waals surface area (Å²) in [6.45, 7) is 5.76. The van der Waals surface area contributed by atoms with E-state index in [0.29, 0.717) is 5.13 Å². The molecule has 1 amide bonds. The first-order chi connectivity index (χ1) is 9.17. The van der Waals surface area contributed by atoms with Crippen molar-refractivity contribution in [2.24, 2.45) is 5.92 Å². The summed E-state index contributed by atoms with van der Waals surface area (Å²) in [6.07, 6.45) is 2.57. The molecule has 1 aromatic heterocycles. The van der Waals surface area contributed by atoms with Crippen molar-refractivity contribution in [2.45, 2.75) is 26.3 Å². The van der Waals surface area contributed by atoms with Gasteiger partial charge in [-0.05, 0) is 38.9 Å². The summed E-state index contributed by atoms with van der Waals surface area (Å²) in [6, 6.07) is 0. The van der Waals surface area contributed by atoms with E-state index in [4.69, 9.17) is 0 Å². The summed E-state index contributed by atoms with van der Waals surface area (Å²) in [5.41, 5.74) is 1.05. The van der Waals surface area contributed by atoms with Gasteiger partial charge in [0.05, 0.1) is 5.69 Å². The van der Waals surface area contributed by atoms with E-state index in [1.165, 1.54) is 31.1 Å². The SMILES string of the molecule is CNCC1CCCN(Cc2csc(NC(C)=O)n2)C1.Cl.Cl. The standard InChI is InChI=1S/C13H22N4OS.2ClH/c1-10(18)15-13-16-12(9-19-13)8-17-5-3-4-11(7-17)6-14-2;;/h9,11,14H,3-8H2,1-2H3,(H,15,16,18);2*1H. The molecule has 2 N–H and O–H groups in total. The van der Waals surface area contributed by atoms with Crippen LogP contribution in [0.15, 0.2) is 5.38 Å². The van der Waals surface area contributed by atoms with E-state index < -0.39 is 0 Å². The van der Waals surface area contributed by atoms with Crippen molar-refractivity contribution in [3.8, 4) is 0 Å². The molecule has 0 aromatic carbocycles. The van der Waals surface area contributed by atoms with E-state index in [0.717, 1.165) is 37.8 Å². The van der Waals surface area contributed by atoms with Crippen molar-refractivity contribution in [1.29, 1.82) is 0 Å². The molecule has 0 aliphatic carbocycles. The van der Waals surface area contributed by atoms with Crippen LogP contribution in [0, 0.1) is 5.92 Å². The Bertz CT molecular complexity index is 428. The smallest absolute Gasteiger partial charge is 0.223 e. The van der Waals surface area contributed by atoms with Gasteiger partial charge in [0.1, 0.15) is 0 Å². The van der Waals surface area contributed by atoms with Crippen molar-refractivity contribution in [3.63, 3.8) is 0 Å². The molecule has 1 aliphatic rings. The van der Waals surface area contributed by atoms with Crippen molar-refractivity contribution < 1.29 is 4.79 Å². The van der Waals surface area contributed by atoms with Gasteiger partial charge in [0.25, 0.3) is 0 Å². The number of hydrogen-bond donors (Lipinski definition) is 2. The molecule has 1 fully saturated rings. The molecule has 5 nitrogen and oxygen atoms in total. The third kappa shape index (κ3) is 6.93. The first-order valence-corrected chi connectivity index (χ1v) is 7.64. The van der Waals surface area contributed by atoms with Gasteiger partial charge < -0.3 is 10.6 Å². The Morgan fingerprint density at radius 2 is 2.29 bits per heavy atom. The maximum absolute atomic E-state index is 11.0. The highest BCUT2D eigenvalue weighted by molar-refractivity contribution is 7.13. The number of carbonyl (C=O) groups excluding carboxylic acids is 1. The molecule has 1 saturated heterocycles. The molecular weight excluding hydrogens is 331 g/mol. The van der Waals surface area contributed by atoms with E-state index in [9.17, 15) is 4.79 Å². The maximum atomic E-state index is 11.0. The summed E-state index contributed by atoms with van der Waals surface area (Å²) < 4.78 is 0. The number of aromatic nitrogens is 1. The lowest BCUT2D eigenvalue weighted by Gasteiger charge is -2.32. The van der Waals surface area contributed by atoms with Crippen LogP contribution >= 0.6 is 36.2 Å². The predicted molar refractivity (Wildman–Crippen MR) is 92.8 cm³/mol. The number of nitrogens with one attached hydrogen (secondary N) is 2. The van der Waals surface area contributed by atoms with Gasteiger partial charge in [-0.1, -0.05) is 0 Å². The zero-order valence-electron chi connectivity index (χ0n) is 12.4. The van der Waals surface area contributed by atoms with Gasteiger partial charge in [0.15, 0.2) is 5.13 Å². The highest BCUT2D eigenvalue weighted by Gasteiger charge is 2.20. The second-order valence-corrected chi connectivity index (χ2v) is 5.98. The molecule has 122 valence electrons. The van der Waals surface area contributed by atoms with Gasteiger partial charge in [0, 0.05) is 25.4 Å². The van der Waals surface area contributed by atoms with E-state index in [1.54, 1.807) is 0 Å². The zero-order valence-corrected chi connectivity index (χ0v) is 14.9. The van der Waals surface area contributed by atoms with Crippen LogP contribution in [-0.4, -0.2) is 42.5 Å². The van der Waals surface area contributed by atoms with Crippen LogP contribution in [-0.2, 0) is 11.3 Å². The summed E-state index contributed by atoms with van der Waals surface area (Å²) in [4.78, 5) is 17.9. The quantitative estimate of drug-likeness (QED) is 0.852. The molecule has 8 heteroatoms. The minimum atomic E-state index is -0.0621. The molecule has 1 aromatic rings. The number of nitrogens with zero attached hydrogens (tertiary/aromatic N) is 2. The number of rotatable bonds is 5. The monoisotopic (exact) mass is 354 g/mol. The molecule has 1 unspecified atom stereocenters. The lowest BCUT2D eigenvalue weighted by Crippen LogP contribution is -2.38. The topological polar surface area (TPSA) is 57.3 Å². The van der Waals surface area contributed by atoms with Crippen molar-refractivity contribution >= 4 is 47.2 Å². The van der Waals surface area contributed by atoms with E-state index in [-0.39, 0.29) is 30.7 Å². The number of likely N-dealkylation sites (tertiary alicyclic amines) is 1.